The highest BCUT2D eigenvalue weighted by atomic mass is 16.7. The molecule has 4 aliphatic rings. The summed E-state index contributed by atoms with van der Waals surface area (Å²) in [5.74, 6) is -5.69. The van der Waals surface area contributed by atoms with Gasteiger partial charge in [0.25, 0.3) is 0 Å². The van der Waals surface area contributed by atoms with Crippen molar-refractivity contribution < 1.29 is 71.3 Å². The largest absolute Gasteiger partial charge is 0.462 e. The summed E-state index contributed by atoms with van der Waals surface area (Å²) in [6.45, 7) is 18.5. The van der Waals surface area contributed by atoms with Crippen molar-refractivity contribution in [2.24, 2.45) is 29.6 Å². The molecule has 0 aromatic heterocycles. The summed E-state index contributed by atoms with van der Waals surface area (Å²) in [6.07, 6.45) is -7.35. The van der Waals surface area contributed by atoms with Crippen LogP contribution in [-0.4, -0.2) is 142 Å². The van der Waals surface area contributed by atoms with Gasteiger partial charge in [-0.25, -0.2) is 0 Å². The first-order chi connectivity index (χ1) is 26.6. The normalized spacial score (nSPS) is 43.5. The molecule has 57 heavy (non-hydrogen) atoms. The first-order valence-electron chi connectivity index (χ1n) is 20.3. The van der Waals surface area contributed by atoms with Crippen LogP contribution in [0, 0.1) is 29.6 Å². The fourth-order valence-corrected chi connectivity index (χ4v) is 8.93. The minimum atomic E-state index is -1.19. The number of ether oxygens (including phenoxy) is 10. The lowest BCUT2D eigenvalue weighted by atomic mass is 9.76. The van der Waals surface area contributed by atoms with Gasteiger partial charge in [-0.2, -0.15) is 0 Å². The van der Waals surface area contributed by atoms with E-state index in [-0.39, 0.29) is 37.4 Å². The Morgan fingerprint density at radius 2 is 1.28 bits per heavy atom. The van der Waals surface area contributed by atoms with Crippen LogP contribution in [0.25, 0.3) is 0 Å². The van der Waals surface area contributed by atoms with E-state index in [1.165, 1.54) is 27.9 Å². The first kappa shape index (κ1) is 47.0. The Kier molecular flexibility index (Phi) is 16.1. The van der Waals surface area contributed by atoms with E-state index in [0.29, 0.717) is 6.42 Å². The number of likely N-dealkylation sites (N-methyl/N-ethyl adjacent to an activating group) is 1. The number of hydrogen-bond acceptors (Lipinski definition) is 16. The Hall–Kier alpha value is -2.73. The van der Waals surface area contributed by atoms with Crippen LogP contribution >= 0.6 is 0 Å². The molecule has 326 valence electrons. The summed E-state index contributed by atoms with van der Waals surface area (Å²) in [4.78, 5) is 67.4. The van der Waals surface area contributed by atoms with E-state index < -0.39 is 120 Å². The fourth-order valence-electron chi connectivity index (χ4n) is 8.93. The number of methoxy groups -OCH3 is 1. The van der Waals surface area contributed by atoms with Crippen molar-refractivity contribution in [1.82, 2.24) is 4.90 Å². The molecule has 0 aromatic rings. The zero-order valence-electron chi connectivity index (χ0n) is 36.2. The molecule has 0 aliphatic carbocycles. The smallest absolute Gasteiger partial charge is 0.311 e. The van der Waals surface area contributed by atoms with E-state index in [4.69, 9.17) is 47.4 Å². The van der Waals surface area contributed by atoms with Gasteiger partial charge >= 0.3 is 23.9 Å². The lowest BCUT2D eigenvalue weighted by molar-refractivity contribution is -0.301. The van der Waals surface area contributed by atoms with Gasteiger partial charge in [0.2, 0.25) is 0 Å². The summed E-state index contributed by atoms with van der Waals surface area (Å²) >= 11 is 0. The zero-order valence-corrected chi connectivity index (χ0v) is 36.2. The zero-order chi connectivity index (χ0) is 42.7. The number of ketones is 1. The van der Waals surface area contributed by atoms with Gasteiger partial charge in [0.1, 0.15) is 18.3 Å². The molecule has 0 N–H and O–H groups in total. The molecule has 0 radical (unpaired) electrons. The number of epoxide rings is 1. The van der Waals surface area contributed by atoms with Crippen LogP contribution in [0.2, 0.25) is 0 Å². The van der Waals surface area contributed by atoms with Gasteiger partial charge in [0.05, 0.1) is 48.9 Å². The average molecular weight is 814 g/mol. The minimum absolute atomic E-state index is 0.162. The van der Waals surface area contributed by atoms with Crippen molar-refractivity contribution in [3.8, 4) is 0 Å². The minimum Gasteiger partial charge on any atom is -0.462 e. The van der Waals surface area contributed by atoms with E-state index in [2.05, 4.69) is 0 Å². The second-order valence-electron chi connectivity index (χ2n) is 17.1. The van der Waals surface area contributed by atoms with Crippen molar-refractivity contribution in [2.75, 3.05) is 27.8 Å². The quantitative estimate of drug-likeness (QED) is 0.187. The molecule has 0 bridgehead atoms. The molecule has 18 atom stereocenters. The molecular weight excluding hydrogens is 746 g/mol. The fraction of sp³-hybridized carbons (Fsp3) is 0.878. The number of Topliss-reactive ketones (excluding diaryl/α,β-unsaturated/α-hetero) is 1. The van der Waals surface area contributed by atoms with Gasteiger partial charge in [0.15, 0.2) is 36.2 Å². The lowest BCUT2D eigenvalue weighted by Gasteiger charge is -2.46. The second kappa shape index (κ2) is 19.6. The molecule has 0 amide bonds. The van der Waals surface area contributed by atoms with Crippen LogP contribution in [0.4, 0.5) is 0 Å². The molecule has 4 saturated heterocycles. The number of nitrogens with zero attached hydrogens (tertiary/aromatic N) is 1. The van der Waals surface area contributed by atoms with Crippen LogP contribution in [0.15, 0.2) is 0 Å². The molecule has 16 heteroatoms. The van der Waals surface area contributed by atoms with E-state index in [1.807, 2.05) is 39.8 Å². The van der Waals surface area contributed by atoms with Crippen molar-refractivity contribution >= 4 is 29.7 Å². The van der Waals surface area contributed by atoms with E-state index in [0.717, 1.165) is 0 Å². The Morgan fingerprint density at radius 3 is 1.82 bits per heavy atom. The highest BCUT2D eigenvalue weighted by molar-refractivity contribution is 5.92. The number of carbonyl (C=O) groups is 5. The Labute approximate surface area is 337 Å². The highest BCUT2D eigenvalue weighted by Gasteiger charge is 2.58. The predicted molar refractivity (Wildman–Crippen MR) is 202 cm³/mol. The Morgan fingerprint density at radius 1 is 0.702 bits per heavy atom. The molecule has 1 unspecified atom stereocenters. The van der Waals surface area contributed by atoms with Crippen LogP contribution < -0.4 is 0 Å². The standard InChI is InChI=1S/C41H67NO15/c1-19-17-41(18-49-41)38(46)23(5)34(53-27(9)43)21(3)25(7)52-39(47)24(6)35(56-32-16-31(48-14)36(26(8)51-32)54-28(10)44)22(4)33(19)57-40-37(55-29(11)45)30(42(12)13)15-20(2)50-40/h19-26,30-37,40H,15-18H2,1-14H3/t19-,20+,21-,22+,23+,24+,25+,26-,30-,31-,32-,33-,34-,35?,36-,37+,40-,41+/m0/s1. The van der Waals surface area contributed by atoms with Gasteiger partial charge in [0, 0.05) is 46.1 Å². The maximum atomic E-state index is 14.4. The van der Waals surface area contributed by atoms with Crippen LogP contribution in [0.3, 0.4) is 0 Å². The molecule has 16 nitrogen and oxygen atoms in total. The number of cyclic esters (lactones) is 1. The topological polar surface area (TPSA) is 184 Å². The SMILES string of the molecule is CO[C@H]1C[C@H](OC2[C@@H](C)C(=O)O[C@H](C)[C@H](C)[C@H](OC(C)=O)[C@@H](C)C(=O)[C@]3(CO3)C[C@H](C)[C@H](O[C@@H]3O[C@H](C)C[C@H](N(C)C)[C@H]3OC(C)=O)[C@H]2C)O[C@@H](C)[C@@H]1OC(C)=O. The van der Waals surface area contributed by atoms with E-state index in [1.54, 1.807) is 34.6 Å². The summed E-state index contributed by atoms with van der Waals surface area (Å²) in [6, 6.07) is -0.247. The van der Waals surface area contributed by atoms with Crippen LogP contribution in [0.1, 0.15) is 95.4 Å². The predicted octanol–water partition coefficient (Wildman–Crippen LogP) is 3.62. The third kappa shape index (κ3) is 11.3. The molecule has 4 rings (SSSR count). The van der Waals surface area contributed by atoms with Gasteiger partial charge in [-0.15, -0.1) is 0 Å². The van der Waals surface area contributed by atoms with Crippen molar-refractivity contribution in [1.29, 1.82) is 0 Å². The van der Waals surface area contributed by atoms with Gasteiger partial charge in [-0.05, 0) is 60.5 Å². The third-order valence-corrected chi connectivity index (χ3v) is 12.2. The highest BCUT2D eigenvalue weighted by Crippen LogP contribution is 2.44. The summed E-state index contributed by atoms with van der Waals surface area (Å²) in [5.41, 5.74) is -1.19. The average Bonchev–Trinajstić information content (AvgIpc) is 3.91. The number of esters is 4. The van der Waals surface area contributed by atoms with Gasteiger partial charge in [-0.1, -0.05) is 27.7 Å². The molecular formula is C41H67NO15. The maximum absolute atomic E-state index is 14.4. The maximum Gasteiger partial charge on any atom is 0.311 e. The second-order valence-corrected chi connectivity index (χ2v) is 17.1. The molecule has 0 saturated carbocycles. The van der Waals surface area contributed by atoms with E-state index >= 15 is 0 Å². The van der Waals surface area contributed by atoms with Gasteiger partial charge in [-0.3, -0.25) is 24.0 Å². The third-order valence-electron chi connectivity index (χ3n) is 12.2. The molecule has 4 aliphatic heterocycles. The summed E-state index contributed by atoms with van der Waals surface area (Å²) in [5, 5.41) is 0. The monoisotopic (exact) mass is 813 g/mol. The summed E-state index contributed by atoms with van der Waals surface area (Å²) in [7, 11) is 5.31. The molecule has 4 heterocycles. The van der Waals surface area contributed by atoms with Crippen molar-refractivity contribution in [3.05, 3.63) is 0 Å². The van der Waals surface area contributed by atoms with Crippen LogP contribution in [0.5, 0.6) is 0 Å². The number of hydrogen-bond donors (Lipinski definition) is 0. The van der Waals surface area contributed by atoms with E-state index in [9.17, 15) is 24.0 Å². The number of carbonyl (C=O) groups excluding carboxylic acids is 5. The molecule has 0 aromatic carbocycles. The summed E-state index contributed by atoms with van der Waals surface area (Å²) < 4.78 is 61.5. The molecule has 1 spiro atoms. The lowest BCUT2D eigenvalue weighted by Crippen LogP contribution is -2.58. The van der Waals surface area contributed by atoms with Crippen LogP contribution in [-0.2, 0) is 71.3 Å². The van der Waals surface area contributed by atoms with Crippen molar-refractivity contribution in [2.45, 2.75) is 175 Å². The van der Waals surface area contributed by atoms with Gasteiger partial charge < -0.3 is 52.3 Å². The van der Waals surface area contributed by atoms with Crippen molar-refractivity contribution in [3.63, 3.8) is 0 Å². The number of rotatable bonds is 9. The first-order valence-corrected chi connectivity index (χ1v) is 20.3. The Bertz CT molecular complexity index is 1420. The Balaban J connectivity index is 1.82. The molecule has 4 fully saturated rings.